The zero-order valence-corrected chi connectivity index (χ0v) is 13.5. The Bertz CT molecular complexity index is 518. The van der Waals surface area contributed by atoms with Gasteiger partial charge in [-0.3, -0.25) is 4.79 Å². The van der Waals surface area contributed by atoms with Crippen molar-refractivity contribution in [1.82, 2.24) is 5.32 Å². The molecule has 3 N–H and O–H groups in total. The number of carbonyl (C=O) groups excluding carboxylic acids is 1. The quantitative estimate of drug-likeness (QED) is 0.718. The topological polar surface area (TPSA) is 73.6 Å². The molecule has 1 saturated carbocycles. The van der Waals surface area contributed by atoms with Gasteiger partial charge in [-0.05, 0) is 37.0 Å². The first-order valence-electron chi connectivity index (χ1n) is 7.12. The number of amides is 1. The van der Waals surface area contributed by atoms with Gasteiger partial charge in [0.2, 0.25) is 0 Å². The molecular formula is C16H23ClN2O3. The lowest BCUT2D eigenvalue weighted by molar-refractivity contribution is 0.0933. The summed E-state index contributed by atoms with van der Waals surface area (Å²) < 4.78 is 10.7. The van der Waals surface area contributed by atoms with Gasteiger partial charge in [0.15, 0.2) is 11.5 Å². The molecule has 22 heavy (non-hydrogen) atoms. The van der Waals surface area contributed by atoms with Crippen LogP contribution in [0.2, 0.25) is 0 Å². The first kappa shape index (κ1) is 18.3. The van der Waals surface area contributed by atoms with Gasteiger partial charge in [0.05, 0.1) is 7.11 Å². The minimum absolute atomic E-state index is 0. The highest BCUT2D eigenvalue weighted by Crippen LogP contribution is 2.32. The van der Waals surface area contributed by atoms with E-state index in [1.807, 2.05) is 0 Å². The van der Waals surface area contributed by atoms with E-state index >= 15 is 0 Å². The Labute approximate surface area is 137 Å². The maximum Gasteiger partial charge on any atom is 0.251 e. The van der Waals surface area contributed by atoms with Crippen molar-refractivity contribution in [2.24, 2.45) is 11.7 Å². The molecule has 1 aliphatic carbocycles. The van der Waals surface area contributed by atoms with Gasteiger partial charge in [-0.1, -0.05) is 12.7 Å². The monoisotopic (exact) mass is 326 g/mol. The smallest absolute Gasteiger partial charge is 0.251 e. The molecule has 1 aromatic rings. The number of hydrogen-bond donors (Lipinski definition) is 2. The van der Waals surface area contributed by atoms with Crippen molar-refractivity contribution in [3.8, 4) is 11.5 Å². The van der Waals surface area contributed by atoms with Gasteiger partial charge in [0.1, 0.15) is 6.61 Å². The molecule has 0 radical (unpaired) electrons. The van der Waals surface area contributed by atoms with Crippen LogP contribution in [0.5, 0.6) is 11.5 Å². The third-order valence-corrected chi connectivity index (χ3v) is 3.54. The molecule has 0 heterocycles. The Hall–Kier alpha value is -1.72. The zero-order valence-electron chi connectivity index (χ0n) is 12.7. The number of carbonyl (C=O) groups is 1. The second-order valence-corrected chi connectivity index (χ2v) is 5.12. The van der Waals surface area contributed by atoms with Crippen LogP contribution in [0.15, 0.2) is 30.9 Å². The largest absolute Gasteiger partial charge is 0.493 e. The molecule has 1 aliphatic rings. The molecular weight excluding hydrogens is 304 g/mol. The van der Waals surface area contributed by atoms with Crippen LogP contribution in [0, 0.1) is 5.92 Å². The van der Waals surface area contributed by atoms with Crippen molar-refractivity contribution in [2.45, 2.75) is 18.9 Å². The van der Waals surface area contributed by atoms with Crippen molar-refractivity contribution in [1.29, 1.82) is 0 Å². The molecule has 1 aromatic carbocycles. The van der Waals surface area contributed by atoms with Crippen LogP contribution < -0.4 is 20.5 Å². The van der Waals surface area contributed by atoms with Crippen LogP contribution in [0.3, 0.4) is 0 Å². The number of ether oxygens (including phenoxy) is 2. The summed E-state index contributed by atoms with van der Waals surface area (Å²) >= 11 is 0. The standard InChI is InChI=1S/C16H22N2O3.ClH/c1-3-8-21-14-7-6-12(9-15(14)20-2)16(19)18-13(10-17)11-4-5-11;/h3,6-7,9,11,13H,1,4-5,8,10,17H2,2H3,(H,18,19);1H. The minimum atomic E-state index is -0.133. The van der Waals surface area contributed by atoms with Crippen molar-refractivity contribution < 1.29 is 14.3 Å². The van der Waals surface area contributed by atoms with Crippen LogP contribution in [0.25, 0.3) is 0 Å². The highest BCUT2D eigenvalue weighted by atomic mass is 35.5. The van der Waals surface area contributed by atoms with Gasteiger partial charge in [-0.2, -0.15) is 0 Å². The number of hydrogen-bond acceptors (Lipinski definition) is 4. The Kier molecular flexibility index (Phi) is 7.21. The summed E-state index contributed by atoms with van der Waals surface area (Å²) in [6.07, 6.45) is 3.93. The van der Waals surface area contributed by atoms with E-state index in [4.69, 9.17) is 15.2 Å². The molecule has 1 unspecified atom stereocenters. The van der Waals surface area contributed by atoms with E-state index in [2.05, 4.69) is 11.9 Å². The van der Waals surface area contributed by atoms with Crippen molar-refractivity contribution in [3.05, 3.63) is 36.4 Å². The van der Waals surface area contributed by atoms with E-state index in [1.54, 1.807) is 31.4 Å². The van der Waals surface area contributed by atoms with Crippen LogP contribution in [0.1, 0.15) is 23.2 Å². The number of halogens is 1. The Morgan fingerprint density at radius 1 is 1.50 bits per heavy atom. The zero-order chi connectivity index (χ0) is 15.2. The SMILES string of the molecule is C=CCOc1ccc(C(=O)NC(CN)C2CC2)cc1OC.Cl. The van der Waals surface area contributed by atoms with E-state index in [0.29, 0.717) is 36.1 Å². The molecule has 122 valence electrons. The summed E-state index contributed by atoms with van der Waals surface area (Å²) in [4.78, 5) is 12.3. The van der Waals surface area contributed by atoms with Crippen LogP contribution >= 0.6 is 12.4 Å². The Morgan fingerprint density at radius 3 is 2.77 bits per heavy atom. The molecule has 0 spiro atoms. The number of methoxy groups -OCH3 is 1. The van der Waals surface area contributed by atoms with Gasteiger partial charge < -0.3 is 20.5 Å². The highest BCUT2D eigenvalue weighted by Gasteiger charge is 2.31. The predicted octanol–water partition coefficient (Wildman–Crippen LogP) is 2.15. The fourth-order valence-electron chi connectivity index (χ4n) is 2.20. The van der Waals surface area contributed by atoms with Crippen molar-refractivity contribution >= 4 is 18.3 Å². The van der Waals surface area contributed by atoms with Crippen molar-refractivity contribution in [2.75, 3.05) is 20.3 Å². The summed E-state index contributed by atoms with van der Waals surface area (Å²) in [5, 5.41) is 2.98. The third-order valence-electron chi connectivity index (χ3n) is 3.54. The lowest BCUT2D eigenvalue weighted by Gasteiger charge is -2.17. The molecule has 1 amide bonds. The normalized spacial score (nSPS) is 14.5. The summed E-state index contributed by atoms with van der Waals surface area (Å²) in [5.74, 6) is 1.51. The van der Waals surface area contributed by atoms with Crippen molar-refractivity contribution in [3.63, 3.8) is 0 Å². The number of nitrogens with one attached hydrogen (secondary N) is 1. The second kappa shape index (κ2) is 8.66. The molecule has 6 heteroatoms. The number of benzene rings is 1. The van der Waals surface area contributed by atoms with Gasteiger partial charge in [-0.25, -0.2) is 0 Å². The van der Waals surface area contributed by atoms with Gasteiger partial charge >= 0.3 is 0 Å². The fourth-order valence-corrected chi connectivity index (χ4v) is 2.20. The third kappa shape index (κ3) is 4.64. The number of nitrogens with two attached hydrogens (primary N) is 1. The average molecular weight is 327 g/mol. The lowest BCUT2D eigenvalue weighted by Crippen LogP contribution is -2.41. The second-order valence-electron chi connectivity index (χ2n) is 5.12. The van der Waals surface area contributed by atoms with Gasteiger partial charge in [0, 0.05) is 18.2 Å². The maximum atomic E-state index is 12.3. The molecule has 0 bridgehead atoms. The van der Waals surface area contributed by atoms with E-state index in [-0.39, 0.29) is 24.4 Å². The first-order valence-corrected chi connectivity index (χ1v) is 7.12. The highest BCUT2D eigenvalue weighted by molar-refractivity contribution is 5.95. The fraction of sp³-hybridized carbons (Fsp3) is 0.438. The lowest BCUT2D eigenvalue weighted by atomic mass is 10.1. The Balaban J connectivity index is 0.00000242. The molecule has 0 saturated heterocycles. The van der Waals surface area contributed by atoms with Gasteiger partial charge in [-0.15, -0.1) is 12.4 Å². The predicted molar refractivity (Wildman–Crippen MR) is 89.0 cm³/mol. The average Bonchev–Trinajstić information content (AvgIpc) is 3.34. The molecule has 0 aromatic heterocycles. The molecule has 2 rings (SSSR count). The van der Waals surface area contributed by atoms with Crippen LogP contribution in [-0.4, -0.2) is 32.2 Å². The van der Waals surface area contributed by atoms with Crippen LogP contribution in [-0.2, 0) is 0 Å². The molecule has 1 fully saturated rings. The maximum absolute atomic E-state index is 12.3. The van der Waals surface area contributed by atoms with Crippen LogP contribution in [0.4, 0.5) is 0 Å². The minimum Gasteiger partial charge on any atom is -0.493 e. The molecule has 1 atom stereocenters. The molecule has 0 aliphatic heterocycles. The summed E-state index contributed by atoms with van der Waals surface area (Å²) in [5.41, 5.74) is 6.25. The van der Waals surface area contributed by atoms with Gasteiger partial charge in [0.25, 0.3) is 5.91 Å². The van der Waals surface area contributed by atoms with E-state index < -0.39 is 0 Å². The van der Waals surface area contributed by atoms with E-state index in [1.165, 1.54) is 0 Å². The van der Waals surface area contributed by atoms with E-state index in [9.17, 15) is 4.79 Å². The molecule has 5 nitrogen and oxygen atoms in total. The first-order chi connectivity index (χ1) is 10.2. The summed E-state index contributed by atoms with van der Waals surface area (Å²) in [7, 11) is 1.55. The number of rotatable bonds is 8. The summed E-state index contributed by atoms with van der Waals surface area (Å²) in [6, 6.07) is 5.18. The van der Waals surface area contributed by atoms with E-state index in [0.717, 1.165) is 12.8 Å². The summed E-state index contributed by atoms with van der Waals surface area (Å²) in [6.45, 7) is 4.45. The Morgan fingerprint density at radius 2 is 2.23 bits per heavy atom.